The second-order valence-corrected chi connectivity index (χ2v) is 8.54. The second-order valence-electron chi connectivity index (χ2n) is 7.47. The van der Waals surface area contributed by atoms with E-state index in [0.717, 1.165) is 16.9 Å². The van der Waals surface area contributed by atoms with Crippen LogP contribution in [0.2, 0.25) is 0 Å². The summed E-state index contributed by atoms with van der Waals surface area (Å²) in [5.41, 5.74) is 5.10. The fourth-order valence-electron chi connectivity index (χ4n) is 3.18. The van der Waals surface area contributed by atoms with Crippen molar-refractivity contribution in [2.75, 3.05) is 16.0 Å². The average molecular weight is 383 g/mol. The van der Waals surface area contributed by atoms with Crippen LogP contribution in [0.15, 0.2) is 42.5 Å². The van der Waals surface area contributed by atoms with Crippen molar-refractivity contribution in [3.05, 3.63) is 59.2 Å². The summed E-state index contributed by atoms with van der Waals surface area (Å²) in [4.78, 5) is 26.5. The first kappa shape index (κ1) is 19.5. The summed E-state index contributed by atoms with van der Waals surface area (Å²) in [6.07, 6.45) is 0.496. The van der Waals surface area contributed by atoms with Crippen LogP contribution in [0.1, 0.15) is 42.3 Å². The van der Waals surface area contributed by atoms with Crippen LogP contribution in [0.5, 0.6) is 0 Å². The highest BCUT2D eigenvalue weighted by atomic mass is 32.2. The Morgan fingerprint density at radius 1 is 1.19 bits per heavy atom. The standard InChI is InChI=1S/C22H26N2O2S/c1-14(2)10-20(25)23-18-7-5-6-17(12-18)22-24(21(26)13-27-22)19-9-8-15(3)16(4)11-19/h5-9,11-12,14,22H,10,13H2,1-4H3,(H,23,25)/t22-/m1/s1. The fourth-order valence-corrected chi connectivity index (χ4v) is 4.34. The number of thioether (sulfide) groups is 1. The highest BCUT2D eigenvalue weighted by molar-refractivity contribution is 8.00. The minimum atomic E-state index is -0.0819. The monoisotopic (exact) mass is 382 g/mol. The summed E-state index contributed by atoms with van der Waals surface area (Å²) in [6, 6.07) is 13.9. The lowest BCUT2D eigenvalue weighted by molar-refractivity contribution is -0.117. The summed E-state index contributed by atoms with van der Waals surface area (Å²) in [5, 5.41) is 2.89. The highest BCUT2D eigenvalue weighted by Crippen LogP contribution is 2.42. The first-order valence-corrected chi connectivity index (χ1v) is 10.3. The van der Waals surface area contributed by atoms with Crippen LogP contribution in [0.4, 0.5) is 11.4 Å². The Bertz CT molecular complexity index is 863. The van der Waals surface area contributed by atoms with Crippen LogP contribution >= 0.6 is 11.8 Å². The third kappa shape index (κ3) is 4.53. The van der Waals surface area contributed by atoms with E-state index in [-0.39, 0.29) is 17.2 Å². The molecule has 0 aliphatic carbocycles. The van der Waals surface area contributed by atoms with Crippen molar-refractivity contribution >= 4 is 35.0 Å². The van der Waals surface area contributed by atoms with Gasteiger partial charge in [-0.2, -0.15) is 0 Å². The van der Waals surface area contributed by atoms with E-state index in [1.54, 1.807) is 11.8 Å². The Balaban J connectivity index is 1.86. The number of aryl methyl sites for hydroxylation is 2. The Kier molecular flexibility index (Phi) is 5.90. The smallest absolute Gasteiger partial charge is 0.238 e. The van der Waals surface area contributed by atoms with Gasteiger partial charge < -0.3 is 5.32 Å². The van der Waals surface area contributed by atoms with Crippen molar-refractivity contribution in [3.63, 3.8) is 0 Å². The zero-order valence-corrected chi connectivity index (χ0v) is 17.1. The maximum Gasteiger partial charge on any atom is 0.238 e. The van der Waals surface area contributed by atoms with Gasteiger partial charge >= 0.3 is 0 Å². The second kappa shape index (κ2) is 8.17. The van der Waals surface area contributed by atoms with Gasteiger partial charge in [0.2, 0.25) is 11.8 Å². The number of nitrogens with zero attached hydrogens (tertiary/aromatic N) is 1. The molecular formula is C22H26N2O2S. The summed E-state index contributed by atoms with van der Waals surface area (Å²) in [6.45, 7) is 8.18. The van der Waals surface area contributed by atoms with Gasteiger partial charge in [-0.05, 0) is 60.7 Å². The molecule has 1 heterocycles. The predicted octanol–water partition coefficient (Wildman–Crippen LogP) is 5.07. The molecule has 27 heavy (non-hydrogen) atoms. The normalized spacial score (nSPS) is 16.9. The van der Waals surface area contributed by atoms with E-state index in [9.17, 15) is 9.59 Å². The quantitative estimate of drug-likeness (QED) is 0.786. The van der Waals surface area contributed by atoms with Crippen molar-refractivity contribution in [2.24, 2.45) is 5.92 Å². The van der Waals surface area contributed by atoms with Crippen LogP contribution in [0.25, 0.3) is 0 Å². The lowest BCUT2D eigenvalue weighted by Crippen LogP contribution is -2.28. The number of nitrogens with one attached hydrogen (secondary N) is 1. The first-order valence-electron chi connectivity index (χ1n) is 9.26. The summed E-state index contributed by atoms with van der Waals surface area (Å²) >= 11 is 1.62. The van der Waals surface area contributed by atoms with Crippen molar-refractivity contribution in [1.82, 2.24) is 0 Å². The molecule has 0 aromatic heterocycles. The molecule has 0 spiro atoms. The molecule has 1 fully saturated rings. The third-order valence-corrected chi connectivity index (χ3v) is 5.90. The number of hydrogen-bond acceptors (Lipinski definition) is 3. The lowest BCUT2D eigenvalue weighted by atomic mass is 10.1. The van der Waals surface area contributed by atoms with E-state index in [1.807, 2.05) is 49.1 Å². The zero-order chi connectivity index (χ0) is 19.6. The van der Waals surface area contributed by atoms with Gasteiger partial charge in [0.25, 0.3) is 0 Å². The minimum Gasteiger partial charge on any atom is -0.326 e. The average Bonchev–Trinajstić information content (AvgIpc) is 2.98. The molecule has 1 saturated heterocycles. The van der Waals surface area contributed by atoms with Gasteiger partial charge in [-0.25, -0.2) is 0 Å². The van der Waals surface area contributed by atoms with Gasteiger partial charge in [0.1, 0.15) is 5.37 Å². The van der Waals surface area contributed by atoms with E-state index >= 15 is 0 Å². The maximum atomic E-state index is 12.6. The van der Waals surface area contributed by atoms with E-state index in [0.29, 0.717) is 18.1 Å². The number of carbonyl (C=O) groups is 2. The van der Waals surface area contributed by atoms with Crippen molar-refractivity contribution in [3.8, 4) is 0 Å². The topological polar surface area (TPSA) is 49.4 Å². The van der Waals surface area contributed by atoms with E-state index in [4.69, 9.17) is 0 Å². The van der Waals surface area contributed by atoms with Gasteiger partial charge in [0.05, 0.1) is 5.75 Å². The molecule has 1 atom stereocenters. The molecule has 0 unspecified atom stereocenters. The van der Waals surface area contributed by atoms with Crippen LogP contribution in [0, 0.1) is 19.8 Å². The van der Waals surface area contributed by atoms with Crippen LogP contribution in [-0.4, -0.2) is 17.6 Å². The molecule has 0 bridgehead atoms. The molecule has 3 rings (SSSR count). The Hall–Kier alpha value is -2.27. The zero-order valence-electron chi connectivity index (χ0n) is 16.3. The molecular weight excluding hydrogens is 356 g/mol. The Morgan fingerprint density at radius 3 is 2.67 bits per heavy atom. The van der Waals surface area contributed by atoms with Crippen molar-refractivity contribution < 1.29 is 9.59 Å². The lowest BCUT2D eigenvalue weighted by Gasteiger charge is -2.25. The minimum absolute atomic E-state index is 0.0170. The first-order chi connectivity index (χ1) is 12.8. The van der Waals surface area contributed by atoms with E-state index < -0.39 is 0 Å². The van der Waals surface area contributed by atoms with Crippen molar-refractivity contribution in [1.29, 1.82) is 0 Å². The number of carbonyl (C=O) groups excluding carboxylic acids is 2. The number of anilines is 2. The molecule has 2 aromatic carbocycles. The van der Waals surface area contributed by atoms with Gasteiger partial charge in [-0.15, -0.1) is 11.8 Å². The molecule has 1 aliphatic heterocycles. The van der Waals surface area contributed by atoms with Gasteiger partial charge in [-0.1, -0.05) is 32.0 Å². The third-order valence-electron chi connectivity index (χ3n) is 4.69. The predicted molar refractivity (Wildman–Crippen MR) is 113 cm³/mol. The molecule has 2 aromatic rings. The van der Waals surface area contributed by atoms with Gasteiger partial charge in [0, 0.05) is 17.8 Å². The molecule has 1 aliphatic rings. The van der Waals surface area contributed by atoms with Gasteiger partial charge in [-0.3, -0.25) is 14.5 Å². The van der Waals surface area contributed by atoms with Crippen molar-refractivity contribution in [2.45, 2.75) is 39.5 Å². The van der Waals surface area contributed by atoms with Gasteiger partial charge in [0.15, 0.2) is 0 Å². The number of amides is 2. The van der Waals surface area contributed by atoms with E-state index in [1.165, 1.54) is 11.1 Å². The van der Waals surface area contributed by atoms with Crippen LogP contribution in [0.3, 0.4) is 0 Å². The van der Waals surface area contributed by atoms with E-state index in [2.05, 4.69) is 31.3 Å². The Labute approximate surface area is 165 Å². The summed E-state index contributed by atoms with van der Waals surface area (Å²) < 4.78 is 0. The van der Waals surface area contributed by atoms with Crippen LogP contribution < -0.4 is 10.2 Å². The maximum absolute atomic E-state index is 12.6. The van der Waals surface area contributed by atoms with Crippen LogP contribution in [-0.2, 0) is 9.59 Å². The number of hydrogen-bond donors (Lipinski definition) is 1. The molecule has 2 amide bonds. The summed E-state index contributed by atoms with van der Waals surface area (Å²) in [5.74, 6) is 0.906. The molecule has 0 radical (unpaired) electrons. The molecule has 1 N–H and O–H groups in total. The Morgan fingerprint density at radius 2 is 1.96 bits per heavy atom. The molecule has 142 valence electrons. The largest absolute Gasteiger partial charge is 0.326 e. The molecule has 0 saturated carbocycles. The SMILES string of the molecule is Cc1ccc(N2C(=O)CS[C@@H]2c2cccc(NC(=O)CC(C)C)c2)cc1C. The highest BCUT2D eigenvalue weighted by Gasteiger charge is 2.34. The summed E-state index contributed by atoms with van der Waals surface area (Å²) in [7, 11) is 0. The molecule has 5 heteroatoms. The fraction of sp³-hybridized carbons (Fsp3) is 0.364. The number of benzene rings is 2. The number of rotatable bonds is 5. The molecule has 4 nitrogen and oxygen atoms in total.